The maximum atomic E-state index is 10.9. The molecule has 1 unspecified atom stereocenters. The van der Waals surface area contributed by atoms with Gasteiger partial charge in [0.1, 0.15) is 5.84 Å². The van der Waals surface area contributed by atoms with E-state index >= 15 is 0 Å². The van der Waals surface area contributed by atoms with Crippen molar-refractivity contribution in [3.8, 4) is 0 Å². The van der Waals surface area contributed by atoms with Crippen molar-refractivity contribution in [2.24, 2.45) is 16.8 Å². The Morgan fingerprint density at radius 3 is 2.10 bits per heavy atom. The van der Waals surface area contributed by atoms with Crippen LogP contribution in [0.1, 0.15) is 35.1 Å². The monoisotopic (exact) mass is 301 g/mol. The number of amides is 2. The Kier molecular flexibility index (Phi) is 7.34. The second-order valence-electron chi connectivity index (χ2n) is 4.81. The van der Waals surface area contributed by atoms with Gasteiger partial charge in [-0.1, -0.05) is 46.9 Å². The second-order valence-corrected chi connectivity index (χ2v) is 5.92. The molecule has 20 heavy (non-hydrogen) atoms. The lowest BCUT2D eigenvalue weighted by Crippen LogP contribution is -2.27. The molecular formula is C13H23N3O3S. The number of aliphatic imine (C=N–C) groups is 1. The highest BCUT2D eigenvalue weighted by Gasteiger charge is 2.33. The molecule has 0 aromatic carbocycles. The number of rotatable bonds is 2. The van der Waals surface area contributed by atoms with Crippen LogP contribution in [-0.2, 0) is 9.63 Å². The first-order valence-corrected chi connectivity index (χ1v) is 6.91. The van der Waals surface area contributed by atoms with Gasteiger partial charge in [-0.05, 0) is 12.5 Å². The van der Waals surface area contributed by atoms with Crippen LogP contribution < -0.4 is 10.8 Å². The van der Waals surface area contributed by atoms with Crippen molar-refractivity contribution in [1.82, 2.24) is 10.8 Å². The third-order valence-corrected chi connectivity index (χ3v) is 3.72. The molecule has 1 fully saturated rings. The predicted molar refractivity (Wildman–Crippen MR) is 82.1 cm³/mol. The molecule has 2 aliphatic rings. The average Bonchev–Trinajstić information content (AvgIpc) is 2.85. The van der Waals surface area contributed by atoms with Crippen molar-refractivity contribution in [2.45, 2.75) is 40.4 Å². The van der Waals surface area contributed by atoms with Crippen molar-refractivity contribution < 1.29 is 14.4 Å². The van der Waals surface area contributed by atoms with Gasteiger partial charge in [-0.15, -0.1) is 0 Å². The normalized spacial score (nSPS) is 20.6. The van der Waals surface area contributed by atoms with Gasteiger partial charge >= 0.3 is 0 Å². The summed E-state index contributed by atoms with van der Waals surface area (Å²) in [6.45, 7) is 11.4. The molecule has 6 nitrogen and oxygen atoms in total. The third kappa shape index (κ3) is 5.24. The Labute approximate surface area is 124 Å². The molecule has 1 atom stereocenters. The average molecular weight is 301 g/mol. The highest BCUT2D eigenvalue weighted by molar-refractivity contribution is 8.15. The molecule has 0 radical (unpaired) electrons. The van der Waals surface area contributed by atoms with E-state index in [1.165, 1.54) is 0 Å². The van der Waals surface area contributed by atoms with Gasteiger partial charge in [0.15, 0.2) is 0 Å². The molecule has 1 saturated heterocycles. The van der Waals surface area contributed by atoms with Crippen LogP contribution in [0, 0.1) is 11.8 Å². The van der Waals surface area contributed by atoms with Gasteiger partial charge in [-0.2, -0.15) is 4.99 Å². The zero-order valence-corrected chi connectivity index (χ0v) is 12.3. The number of carbonyl (C=O) groups is 2. The Bertz CT molecular complexity index is 419. The summed E-state index contributed by atoms with van der Waals surface area (Å²) in [4.78, 5) is 30.2. The molecule has 0 aromatic rings. The van der Waals surface area contributed by atoms with Crippen LogP contribution in [0.2, 0.25) is 0 Å². The van der Waals surface area contributed by atoms with Crippen molar-refractivity contribution in [1.29, 1.82) is 0 Å². The summed E-state index contributed by atoms with van der Waals surface area (Å²) < 4.78 is 0. The Hall–Kier alpha value is -1.50. The Balaban J connectivity index is 0.000000345. The number of thioether (sulfide) groups is 1. The first-order chi connectivity index (χ1) is 8.81. The van der Waals surface area contributed by atoms with Gasteiger partial charge in [0.25, 0.3) is 5.24 Å². The summed E-state index contributed by atoms with van der Waals surface area (Å²) in [5.74, 6) is 1.75. The number of nitrogens with one attached hydrogen (secondary N) is 2. The summed E-state index contributed by atoms with van der Waals surface area (Å²) in [7, 11) is 0. The number of nitrogens with zero attached hydrogens (tertiary/aromatic N) is 1. The second kappa shape index (κ2) is 7.94. The number of hydrogen-bond donors (Lipinski definition) is 2. The zero-order valence-electron chi connectivity index (χ0n) is 11.5. The van der Waals surface area contributed by atoms with Gasteiger partial charge in [-0.3, -0.25) is 14.9 Å². The fourth-order valence-electron chi connectivity index (χ4n) is 1.35. The maximum Gasteiger partial charge on any atom is 0.286 e. The minimum Gasteiger partial charge on any atom is -0.361 e. The van der Waals surface area contributed by atoms with E-state index < -0.39 is 0 Å². The zero-order chi connectivity index (χ0) is 14.6. The Morgan fingerprint density at radius 1 is 1.30 bits per heavy atom. The van der Waals surface area contributed by atoms with E-state index in [9.17, 15) is 9.59 Å². The minimum absolute atomic E-state index is 0. The first-order valence-electron chi connectivity index (χ1n) is 6.03. The van der Waals surface area contributed by atoms with Gasteiger partial charge < -0.3 is 4.84 Å². The number of hydrogen-bond acceptors (Lipinski definition) is 6. The van der Waals surface area contributed by atoms with E-state index in [4.69, 9.17) is 4.84 Å². The fraction of sp³-hybridized carbons (Fsp3) is 0.615. The maximum absolute atomic E-state index is 10.9. The lowest BCUT2D eigenvalue weighted by atomic mass is 10.1. The standard InChI is InChI=1S/C6H10N2O.C6H9NO2S.CH4/c1-4(2)6-7-5(3)9-8-6;1-3(2)4-5(8)7-6(9)10-4;/h4H,3H2,1-2H3,(H,7,8);3-4H,1-2H3,(H,7,8,9);1H4. The van der Waals surface area contributed by atoms with Crippen molar-refractivity contribution in [3.05, 3.63) is 12.5 Å². The van der Waals surface area contributed by atoms with E-state index in [2.05, 4.69) is 22.4 Å². The van der Waals surface area contributed by atoms with Crippen LogP contribution >= 0.6 is 11.8 Å². The third-order valence-electron chi connectivity index (χ3n) is 2.39. The van der Waals surface area contributed by atoms with E-state index in [1.54, 1.807) is 0 Å². The molecule has 0 aliphatic carbocycles. The molecule has 2 rings (SSSR count). The van der Waals surface area contributed by atoms with Gasteiger partial charge in [-0.25, -0.2) is 5.48 Å². The molecule has 2 heterocycles. The quantitative estimate of drug-likeness (QED) is 0.819. The fourth-order valence-corrected chi connectivity index (χ4v) is 2.18. The molecule has 2 amide bonds. The van der Waals surface area contributed by atoms with Gasteiger partial charge in [0, 0.05) is 5.92 Å². The SMILES string of the molecule is C.C=C1N=C(C(C)C)NO1.CC(C)C1SC(=O)NC1=O. The molecule has 0 bridgehead atoms. The van der Waals surface area contributed by atoms with Crippen LogP contribution in [0.4, 0.5) is 4.79 Å². The van der Waals surface area contributed by atoms with E-state index in [0.29, 0.717) is 11.8 Å². The number of amidine groups is 1. The van der Waals surface area contributed by atoms with E-state index in [0.717, 1.165) is 17.6 Å². The summed E-state index contributed by atoms with van der Waals surface area (Å²) in [5.41, 5.74) is 2.66. The topological polar surface area (TPSA) is 79.8 Å². The molecule has 2 N–H and O–H groups in total. The number of carbonyl (C=O) groups excluding carboxylic acids is 2. The lowest BCUT2D eigenvalue weighted by Gasteiger charge is -2.06. The first kappa shape index (κ1) is 18.5. The van der Waals surface area contributed by atoms with Crippen LogP contribution in [0.15, 0.2) is 17.5 Å². The Morgan fingerprint density at radius 2 is 1.90 bits per heavy atom. The van der Waals surface area contributed by atoms with Gasteiger partial charge in [0.2, 0.25) is 11.8 Å². The molecule has 2 aliphatic heterocycles. The number of imide groups is 1. The largest absolute Gasteiger partial charge is 0.361 e. The van der Waals surface area contributed by atoms with Gasteiger partial charge in [0.05, 0.1) is 5.25 Å². The van der Waals surface area contributed by atoms with Crippen LogP contribution in [0.5, 0.6) is 0 Å². The lowest BCUT2D eigenvalue weighted by molar-refractivity contribution is -0.119. The molecule has 0 spiro atoms. The van der Waals surface area contributed by atoms with Crippen LogP contribution in [0.3, 0.4) is 0 Å². The summed E-state index contributed by atoms with van der Waals surface area (Å²) in [6.07, 6.45) is 0. The molecule has 114 valence electrons. The molecule has 7 heteroatoms. The molecular weight excluding hydrogens is 278 g/mol. The molecule has 0 aromatic heterocycles. The smallest absolute Gasteiger partial charge is 0.286 e. The predicted octanol–water partition coefficient (Wildman–Crippen LogP) is 2.68. The van der Waals surface area contributed by atoms with Crippen LogP contribution in [0.25, 0.3) is 0 Å². The van der Waals surface area contributed by atoms with Crippen LogP contribution in [-0.4, -0.2) is 22.2 Å². The van der Waals surface area contributed by atoms with Crippen molar-refractivity contribution in [2.75, 3.05) is 0 Å². The van der Waals surface area contributed by atoms with Crippen molar-refractivity contribution in [3.63, 3.8) is 0 Å². The van der Waals surface area contributed by atoms with E-state index in [-0.39, 0.29) is 29.7 Å². The summed E-state index contributed by atoms with van der Waals surface area (Å²) in [6, 6.07) is 0. The molecule has 0 saturated carbocycles. The highest BCUT2D eigenvalue weighted by Crippen LogP contribution is 2.24. The summed E-state index contributed by atoms with van der Waals surface area (Å²) >= 11 is 1.08. The van der Waals surface area contributed by atoms with E-state index in [1.807, 2.05) is 27.7 Å². The van der Waals surface area contributed by atoms with Crippen molar-refractivity contribution >= 4 is 28.7 Å². The summed E-state index contributed by atoms with van der Waals surface area (Å²) in [5, 5.41) is 1.84. The minimum atomic E-state index is -0.219. The highest BCUT2D eigenvalue weighted by atomic mass is 32.2. The number of hydroxylamine groups is 1.